The van der Waals surface area contributed by atoms with Crippen molar-refractivity contribution in [2.75, 3.05) is 4.72 Å². The number of imidazole rings is 1. The Hall–Kier alpha value is -2.17. The van der Waals surface area contributed by atoms with Crippen LogP contribution in [0.1, 0.15) is 15.4 Å². The van der Waals surface area contributed by atoms with Gasteiger partial charge < -0.3 is 4.52 Å². The molecular formula is C12H9ClN4O4S2. The van der Waals surface area contributed by atoms with Gasteiger partial charge in [-0.15, -0.1) is 11.3 Å². The Kier molecular flexibility index (Phi) is 3.96. The van der Waals surface area contributed by atoms with Gasteiger partial charge in [-0.3, -0.25) is 9.36 Å². The van der Waals surface area contributed by atoms with E-state index in [4.69, 9.17) is 16.1 Å². The van der Waals surface area contributed by atoms with Crippen molar-refractivity contribution in [2.24, 2.45) is 0 Å². The number of aromatic nitrogens is 3. The Labute approximate surface area is 139 Å². The van der Waals surface area contributed by atoms with Gasteiger partial charge in [0.15, 0.2) is 0 Å². The number of anilines is 1. The Morgan fingerprint density at radius 1 is 1.48 bits per heavy atom. The van der Waals surface area contributed by atoms with Gasteiger partial charge in [0.2, 0.25) is 0 Å². The fraction of sp³-hybridized carbons (Fsp3) is 0.0833. The molecule has 0 atom stereocenters. The highest BCUT2D eigenvalue weighted by Crippen LogP contribution is 2.30. The first-order chi connectivity index (χ1) is 10.9. The number of halogens is 1. The highest BCUT2D eigenvalue weighted by Gasteiger charge is 2.27. The zero-order chi connectivity index (χ0) is 16.6. The molecule has 0 radical (unpaired) electrons. The normalized spacial score (nSPS) is 11.6. The second kappa shape index (κ2) is 5.80. The maximum absolute atomic E-state index is 12.5. The smallest absolute Gasteiger partial charge is 0.274 e. The Balaban J connectivity index is 1.97. The fourth-order valence-electron chi connectivity index (χ4n) is 1.76. The minimum absolute atomic E-state index is 0.0443. The van der Waals surface area contributed by atoms with Gasteiger partial charge in [-0.05, 0) is 18.4 Å². The van der Waals surface area contributed by atoms with Crippen molar-refractivity contribution in [3.8, 4) is 0 Å². The van der Waals surface area contributed by atoms with Gasteiger partial charge in [0.25, 0.3) is 21.8 Å². The van der Waals surface area contributed by atoms with Gasteiger partial charge in [-0.1, -0.05) is 16.8 Å². The van der Waals surface area contributed by atoms with Crippen LogP contribution in [-0.4, -0.2) is 29.0 Å². The maximum atomic E-state index is 12.5. The summed E-state index contributed by atoms with van der Waals surface area (Å²) in [6, 6.07) is 1.33. The van der Waals surface area contributed by atoms with E-state index < -0.39 is 15.9 Å². The molecule has 1 N–H and O–H groups in total. The van der Waals surface area contributed by atoms with Crippen LogP contribution in [0, 0.1) is 6.92 Å². The second-order valence-corrected chi connectivity index (χ2v) is 7.35. The highest BCUT2D eigenvalue weighted by atomic mass is 35.5. The molecule has 23 heavy (non-hydrogen) atoms. The first kappa shape index (κ1) is 15.7. The third-order valence-corrected chi connectivity index (χ3v) is 5.72. The molecule has 3 heterocycles. The van der Waals surface area contributed by atoms with Crippen LogP contribution in [-0.2, 0) is 10.0 Å². The third-order valence-electron chi connectivity index (χ3n) is 2.87. The van der Waals surface area contributed by atoms with Crippen molar-refractivity contribution in [1.29, 1.82) is 0 Å². The van der Waals surface area contributed by atoms with Crippen molar-refractivity contribution >= 4 is 44.8 Å². The maximum Gasteiger partial charge on any atom is 0.274 e. The molecule has 8 nitrogen and oxygen atoms in total. The molecule has 0 aliphatic carbocycles. The molecule has 0 bridgehead atoms. The molecule has 0 saturated carbocycles. The summed E-state index contributed by atoms with van der Waals surface area (Å²) in [5, 5.41) is 5.14. The van der Waals surface area contributed by atoms with Gasteiger partial charge in [-0.2, -0.15) is 0 Å². The molecular weight excluding hydrogens is 364 g/mol. The number of thiophene rings is 1. The molecule has 0 aliphatic rings. The van der Waals surface area contributed by atoms with Crippen LogP contribution in [0.5, 0.6) is 0 Å². The van der Waals surface area contributed by atoms with Gasteiger partial charge in [-0.25, -0.2) is 18.1 Å². The van der Waals surface area contributed by atoms with E-state index in [1.165, 1.54) is 34.7 Å². The van der Waals surface area contributed by atoms with Crippen LogP contribution in [0.2, 0.25) is 5.02 Å². The van der Waals surface area contributed by atoms with E-state index in [0.717, 1.165) is 11.3 Å². The molecule has 3 aromatic heterocycles. The number of aryl methyl sites for hydroxylation is 1. The van der Waals surface area contributed by atoms with E-state index in [2.05, 4.69) is 14.9 Å². The molecule has 0 spiro atoms. The molecule has 0 fully saturated rings. The lowest BCUT2D eigenvalue weighted by atomic mass is 10.4. The molecule has 11 heteroatoms. The Morgan fingerprint density at radius 3 is 2.87 bits per heavy atom. The SMILES string of the molecule is Cc1noc(NS(=O)(=O)c2ccsc2C(=O)n2ccnc2)c1Cl. The molecule has 3 rings (SSSR count). The van der Waals surface area contributed by atoms with Crippen molar-refractivity contribution in [3.05, 3.63) is 45.8 Å². The van der Waals surface area contributed by atoms with Gasteiger partial charge in [0.05, 0.1) is 0 Å². The van der Waals surface area contributed by atoms with Gasteiger partial charge in [0, 0.05) is 12.4 Å². The molecule has 0 aliphatic heterocycles. The predicted octanol–water partition coefficient (Wildman–Crippen LogP) is 2.38. The molecule has 0 amide bonds. The van der Waals surface area contributed by atoms with E-state index in [0.29, 0.717) is 5.69 Å². The van der Waals surface area contributed by atoms with E-state index in [-0.39, 0.29) is 20.7 Å². The monoisotopic (exact) mass is 372 g/mol. The Morgan fingerprint density at radius 2 is 2.26 bits per heavy atom. The summed E-state index contributed by atoms with van der Waals surface area (Å²) in [5.41, 5.74) is 0.351. The van der Waals surface area contributed by atoms with Crippen molar-refractivity contribution in [1.82, 2.24) is 14.7 Å². The van der Waals surface area contributed by atoms with Crippen LogP contribution < -0.4 is 4.72 Å². The summed E-state index contributed by atoms with van der Waals surface area (Å²) in [4.78, 5) is 16.0. The summed E-state index contributed by atoms with van der Waals surface area (Å²) in [7, 11) is -4.06. The fourth-order valence-corrected chi connectivity index (χ4v) is 4.29. The van der Waals surface area contributed by atoms with Gasteiger partial charge >= 0.3 is 0 Å². The van der Waals surface area contributed by atoms with Crippen molar-refractivity contribution < 1.29 is 17.7 Å². The molecule has 3 aromatic rings. The standard InChI is InChI=1S/C12H9ClN4O4S2/c1-7-9(13)11(21-15-7)16-23(19,20)8-2-5-22-10(8)12(18)17-4-3-14-6-17/h2-6,16H,1H3. The quantitative estimate of drug-likeness (QED) is 0.753. The number of nitrogens with zero attached hydrogens (tertiary/aromatic N) is 3. The predicted molar refractivity (Wildman–Crippen MR) is 83.3 cm³/mol. The van der Waals surface area contributed by atoms with E-state index in [1.54, 1.807) is 6.92 Å². The number of carbonyl (C=O) groups is 1. The van der Waals surface area contributed by atoms with Crippen LogP contribution >= 0.6 is 22.9 Å². The summed E-state index contributed by atoms with van der Waals surface area (Å²) >= 11 is 6.91. The summed E-state index contributed by atoms with van der Waals surface area (Å²) in [6.07, 6.45) is 4.15. The lowest BCUT2D eigenvalue weighted by Crippen LogP contribution is -2.17. The summed E-state index contributed by atoms with van der Waals surface area (Å²) in [6.45, 7) is 1.57. The van der Waals surface area contributed by atoms with Gasteiger partial charge in [0.1, 0.15) is 26.8 Å². The van der Waals surface area contributed by atoms with E-state index >= 15 is 0 Å². The average Bonchev–Trinajstić information content (AvgIpc) is 3.24. The zero-order valence-corrected chi connectivity index (χ0v) is 13.9. The van der Waals surface area contributed by atoms with Crippen LogP contribution in [0.4, 0.5) is 5.88 Å². The second-order valence-electron chi connectivity index (χ2n) is 4.41. The van der Waals surface area contributed by atoms with E-state index in [1.807, 2.05) is 0 Å². The summed E-state index contributed by atoms with van der Waals surface area (Å²) in [5.74, 6) is -0.700. The first-order valence-electron chi connectivity index (χ1n) is 6.15. The number of rotatable bonds is 4. The van der Waals surface area contributed by atoms with E-state index in [9.17, 15) is 13.2 Å². The molecule has 0 aromatic carbocycles. The van der Waals surface area contributed by atoms with Crippen LogP contribution in [0.15, 0.2) is 39.6 Å². The minimum Gasteiger partial charge on any atom is -0.336 e. The largest absolute Gasteiger partial charge is 0.336 e. The number of sulfonamides is 1. The Bertz CT molecular complexity index is 959. The zero-order valence-electron chi connectivity index (χ0n) is 11.6. The molecule has 120 valence electrons. The van der Waals surface area contributed by atoms with Crippen molar-refractivity contribution in [2.45, 2.75) is 11.8 Å². The average molecular weight is 373 g/mol. The first-order valence-corrected chi connectivity index (χ1v) is 8.89. The highest BCUT2D eigenvalue weighted by molar-refractivity contribution is 7.93. The lowest BCUT2D eigenvalue weighted by molar-refractivity contribution is 0.0961. The number of nitrogens with one attached hydrogen (secondary N) is 1. The third kappa shape index (κ3) is 2.87. The number of hydrogen-bond donors (Lipinski definition) is 1. The van der Waals surface area contributed by atoms with Crippen LogP contribution in [0.3, 0.4) is 0 Å². The lowest BCUT2D eigenvalue weighted by Gasteiger charge is -2.06. The number of hydrogen-bond acceptors (Lipinski definition) is 7. The van der Waals surface area contributed by atoms with Crippen LogP contribution in [0.25, 0.3) is 0 Å². The van der Waals surface area contributed by atoms with Crippen molar-refractivity contribution in [3.63, 3.8) is 0 Å². The summed E-state index contributed by atoms with van der Waals surface area (Å²) < 4.78 is 33.2. The number of carbonyl (C=O) groups excluding carboxylic acids is 1. The topological polar surface area (TPSA) is 107 Å². The minimum atomic E-state index is -4.06. The molecule has 0 unspecified atom stereocenters. The molecule has 0 saturated heterocycles.